The van der Waals surface area contributed by atoms with Gasteiger partial charge in [-0.25, -0.2) is 0 Å². The molecule has 0 aliphatic carbocycles. The molecule has 0 aromatic heterocycles. The second kappa shape index (κ2) is 9.49. The van der Waals surface area contributed by atoms with Crippen molar-refractivity contribution in [3.63, 3.8) is 0 Å². The van der Waals surface area contributed by atoms with Crippen LogP contribution in [0.2, 0.25) is 0 Å². The zero-order valence-corrected chi connectivity index (χ0v) is 5.59. The van der Waals surface area contributed by atoms with Gasteiger partial charge >= 0.3 is 26.8 Å². The molecule has 0 saturated heterocycles. The van der Waals surface area contributed by atoms with Gasteiger partial charge in [-0.2, -0.15) is 0 Å². The van der Waals surface area contributed by atoms with Crippen LogP contribution in [0.15, 0.2) is 0 Å². The predicted molar refractivity (Wildman–Crippen MR) is 3.59 cm³/mol. The molecule has 0 aliphatic heterocycles. The van der Waals surface area contributed by atoms with Crippen molar-refractivity contribution in [3.8, 4) is 0 Å². The summed E-state index contributed by atoms with van der Waals surface area (Å²) < 4.78 is 24.4. The van der Waals surface area contributed by atoms with Crippen LogP contribution in [-0.4, -0.2) is 4.03 Å². The van der Waals surface area contributed by atoms with Crippen LogP contribution in [0.25, 0.3) is 0 Å². The van der Waals surface area contributed by atoms with Gasteiger partial charge in [-0.15, -0.1) is 0 Å². The minimum atomic E-state index is -3.69. The molecule has 6 heavy (non-hydrogen) atoms. The summed E-state index contributed by atoms with van der Waals surface area (Å²) in [4.78, 5) is 0. The van der Waals surface area contributed by atoms with Crippen molar-refractivity contribution >= 4 is 0 Å². The Bertz CT molecular complexity index is 57.2. The van der Waals surface area contributed by atoms with Gasteiger partial charge in [0.1, 0.15) is 0 Å². The van der Waals surface area contributed by atoms with Crippen molar-refractivity contribution in [1.29, 1.82) is 0 Å². The maximum absolute atomic E-state index is 8.67. The van der Waals surface area contributed by atoms with Crippen molar-refractivity contribution < 1.29 is 60.9 Å². The summed E-state index contributed by atoms with van der Waals surface area (Å²) in [5.74, 6) is 0. The quantitative estimate of drug-likeness (QED) is 0.551. The van der Waals surface area contributed by atoms with Crippen LogP contribution in [0.1, 0.15) is 0 Å². The molecule has 0 heterocycles. The molecule has 1 N–H and O–H groups in total. The van der Waals surface area contributed by atoms with Crippen LogP contribution in [0.4, 0.5) is 0 Å². The van der Waals surface area contributed by atoms with Crippen LogP contribution < -0.4 is 0 Å². The number of rotatable bonds is 0. The topological polar surface area (TPSA) is 54.4 Å². The van der Waals surface area contributed by atoms with E-state index in [1.807, 2.05) is 0 Å². The van der Waals surface area contributed by atoms with Crippen molar-refractivity contribution in [1.82, 2.24) is 0 Å². The van der Waals surface area contributed by atoms with E-state index in [1.54, 1.807) is 0 Å². The third kappa shape index (κ3) is 64.8. The van der Waals surface area contributed by atoms with E-state index in [1.165, 1.54) is 0 Å². The molecule has 6 heteroatoms. The Morgan fingerprint density at radius 2 is 1.17 bits per heavy atom. The summed E-state index contributed by atoms with van der Waals surface area (Å²) in [6.07, 6.45) is 0. The molecule has 0 atom stereocenters. The van der Waals surface area contributed by atoms with E-state index in [0.717, 1.165) is 0 Å². The Balaban J connectivity index is -0.0000000450. The summed E-state index contributed by atoms with van der Waals surface area (Å²) in [7, 11) is 0. The summed E-state index contributed by atoms with van der Waals surface area (Å²) >= 11 is -3.69. The van der Waals surface area contributed by atoms with Gasteiger partial charge in [0.15, 0.2) is 0 Å². The van der Waals surface area contributed by atoms with Crippen LogP contribution in [-0.2, 0) is 56.9 Å². The van der Waals surface area contributed by atoms with Crippen LogP contribution in [0.5, 0.6) is 0 Å². The molecule has 3 nitrogen and oxygen atoms in total. The minimum absolute atomic E-state index is 0. The van der Waals surface area contributed by atoms with E-state index in [4.69, 9.17) is 11.4 Å². The van der Waals surface area contributed by atoms with Gasteiger partial charge in [-0.3, -0.25) is 0 Å². The zero-order chi connectivity index (χ0) is 3.58. The number of hydrogen-bond donors (Lipinski definition) is 1. The summed E-state index contributed by atoms with van der Waals surface area (Å²) in [5, 5.41) is 0. The normalized spacial score (nSPS) is 4.17. The van der Waals surface area contributed by atoms with Crippen molar-refractivity contribution in [3.05, 3.63) is 0 Å². The van der Waals surface area contributed by atoms with Gasteiger partial charge in [0, 0.05) is 34.1 Å². The third-order valence-corrected chi connectivity index (χ3v) is 0. The molecule has 0 bridgehead atoms. The summed E-state index contributed by atoms with van der Waals surface area (Å²) in [6.45, 7) is 0. The Morgan fingerprint density at radius 3 is 1.17 bits per heavy atom. The van der Waals surface area contributed by atoms with Gasteiger partial charge in [-0.05, 0) is 0 Å². The van der Waals surface area contributed by atoms with Crippen LogP contribution in [0.3, 0.4) is 0 Å². The maximum atomic E-state index is 8.67. The Morgan fingerprint density at radius 1 is 1.17 bits per heavy atom. The van der Waals surface area contributed by atoms with Gasteiger partial charge in [0.25, 0.3) is 0 Å². The average molecular weight is 227 g/mol. The molecule has 0 spiro atoms. The standard InChI is InChI=1S/2Cu.H2O.2O.V/h;;1H2;;;/q;;;;;+1/p-1. The Labute approximate surface area is 60.8 Å². The van der Waals surface area contributed by atoms with E-state index < -0.39 is 15.4 Å². The summed E-state index contributed by atoms with van der Waals surface area (Å²) in [6, 6.07) is 0. The SMILES string of the molecule is [Cu].[Cu].[O]=[V](=[O])[OH]. The van der Waals surface area contributed by atoms with Gasteiger partial charge in [0.05, 0.1) is 0 Å². The van der Waals surface area contributed by atoms with E-state index in [-0.39, 0.29) is 34.1 Å². The predicted octanol–water partition coefficient (Wildman–Crippen LogP) is -0.802. The summed E-state index contributed by atoms with van der Waals surface area (Å²) in [5.41, 5.74) is 0. The molecule has 0 amide bonds. The average Bonchev–Trinajstić information content (AvgIpc) is 0.811. The Kier molecular flexibility index (Phi) is 24.8. The first-order chi connectivity index (χ1) is 1.73. The first kappa shape index (κ1) is 15.7. The van der Waals surface area contributed by atoms with Crippen molar-refractivity contribution in [2.45, 2.75) is 0 Å². The zero-order valence-electron chi connectivity index (χ0n) is 2.31. The van der Waals surface area contributed by atoms with Gasteiger partial charge in [0.2, 0.25) is 0 Å². The van der Waals surface area contributed by atoms with E-state index in [2.05, 4.69) is 0 Å². The molecule has 0 aliphatic rings. The van der Waals surface area contributed by atoms with Crippen LogP contribution in [0, 0.1) is 0 Å². The van der Waals surface area contributed by atoms with E-state index in [0.29, 0.717) is 0 Å². The molecule has 0 aromatic rings. The fraction of sp³-hybridized carbons (Fsp3) is 0. The monoisotopic (exact) mass is 226 g/mol. The van der Waals surface area contributed by atoms with E-state index in [9.17, 15) is 0 Å². The molecule has 0 rings (SSSR count). The molecular weight excluding hydrogens is 226 g/mol. The second-order valence-electron chi connectivity index (χ2n) is 0.238. The van der Waals surface area contributed by atoms with Gasteiger partial charge in [-0.1, -0.05) is 0 Å². The second-order valence-corrected chi connectivity index (χ2v) is 0.981. The van der Waals surface area contributed by atoms with Crippen molar-refractivity contribution in [2.24, 2.45) is 0 Å². The molecule has 0 unspecified atom stereocenters. The van der Waals surface area contributed by atoms with Gasteiger partial charge < -0.3 is 0 Å². The fourth-order valence-electron chi connectivity index (χ4n) is 0. The Hall–Kier alpha value is 1.18. The molecule has 2 radical (unpaired) electrons. The molecule has 0 fully saturated rings. The van der Waals surface area contributed by atoms with E-state index >= 15 is 0 Å². The first-order valence-corrected chi connectivity index (χ1v) is 2.33. The van der Waals surface area contributed by atoms with Crippen LogP contribution >= 0.6 is 0 Å². The molecule has 0 aromatic carbocycles. The fourth-order valence-corrected chi connectivity index (χ4v) is 0. The molecular formula is HCu2O3V. The molecule has 0 saturated carbocycles. The van der Waals surface area contributed by atoms with Crippen molar-refractivity contribution in [2.75, 3.05) is 0 Å². The number of hydrogen-bond acceptors (Lipinski definition) is 2. The molecule has 46 valence electrons. The first-order valence-electron chi connectivity index (χ1n) is 0.565. The third-order valence-electron chi connectivity index (χ3n) is 0.